The van der Waals surface area contributed by atoms with E-state index in [0.29, 0.717) is 24.7 Å². The highest BCUT2D eigenvalue weighted by molar-refractivity contribution is 5.95. The quantitative estimate of drug-likeness (QED) is 0.231. The minimum Gasteiger partial charge on any atom is -0.383 e. The summed E-state index contributed by atoms with van der Waals surface area (Å²) in [6.45, 7) is 3.16. The minimum absolute atomic E-state index is 0.0268. The topological polar surface area (TPSA) is 103 Å². The molecule has 0 aliphatic heterocycles. The predicted molar refractivity (Wildman–Crippen MR) is 172 cm³/mol. The third-order valence-electron chi connectivity index (χ3n) is 8.14. The number of amides is 1. The maximum Gasteiger partial charge on any atom is 0.253 e. The van der Waals surface area contributed by atoms with E-state index in [0.717, 1.165) is 81.8 Å². The van der Waals surface area contributed by atoms with Crippen molar-refractivity contribution < 1.29 is 9.53 Å². The van der Waals surface area contributed by atoms with Crippen molar-refractivity contribution in [3.63, 3.8) is 0 Å². The van der Waals surface area contributed by atoms with Crippen molar-refractivity contribution in [1.29, 1.82) is 0 Å². The smallest absolute Gasteiger partial charge is 0.253 e. The second-order valence-electron chi connectivity index (χ2n) is 11.3. The standard InChI is InChI=1S/C34H38N8O2/c1-6-7-24-18-25(33(43)40(2)16-17-44-5)12-14-28(24)37-34-35-19-26-13-15-29-30(31(26)38-34)32(42(4)39-29)23-10-8-22(9-11-23)27-20-36-41(3)21-27/h8-12,14,18-21H,6-7,13,15-17H2,1-5H3,(H,35,37,38). The molecular formula is C34H38N8O2. The maximum absolute atomic E-state index is 13.0. The number of nitrogens with one attached hydrogen (secondary N) is 1. The van der Waals surface area contributed by atoms with Gasteiger partial charge in [-0.05, 0) is 54.2 Å². The van der Waals surface area contributed by atoms with Gasteiger partial charge in [-0.2, -0.15) is 10.2 Å². The molecule has 10 nitrogen and oxygen atoms in total. The monoisotopic (exact) mass is 590 g/mol. The fourth-order valence-electron chi connectivity index (χ4n) is 5.84. The Bertz CT molecular complexity index is 1800. The lowest BCUT2D eigenvalue weighted by molar-refractivity contribution is 0.0744. The third-order valence-corrected chi connectivity index (χ3v) is 8.14. The van der Waals surface area contributed by atoms with Gasteiger partial charge in [-0.1, -0.05) is 37.6 Å². The van der Waals surface area contributed by atoms with E-state index in [4.69, 9.17) is 19.8 Å². The van der Waals surface area contributed by atoms with Crippen molar-refractivity contribution in [2.24, 2.45) is 14.1 Å². The number of hydrogen-bond donors (Lipinski definition) is 1. The highest BCUT2D eigenvalue weighted by Gasteiger charge is 2.27. The molecule has 1 aliphatic carbocycles. The van der Waals surface area contributed by atoms with Gasteiger partial charge in [-0.15, -0.1) is 0 Å². The van der Waals surface area contributed by atoms with Crippen LogP contribution in [0.3, 0.4) is 0 Å². The third kappa shape index (κ3) is 5.72. The van der Waals surface area contributed by atoms with Gasteiger partial charge in [0.25, 0.3) is 5.91 Å². The number of aryl methyl sites for hydroxylation is 5. The van der Waals surface area contributed by atoms with Crippen LogP contribution in [0.1, 0.15) is 40.5 Å². The SMILES string of the molecule is CCCc1cc(C(=O)N(C)CCOC)ccc1Nc1ncc2c(n1)-c1c(nn(C)c1-c1ccc(-c3cnn(C)c3)cc1)CC2. The number of carbonyl (C=O) groups excluding carboxylic acids is 1. The first-order valence-electron chi connectivity index (χ1n) is 15.0. The number of anilines is 2. The number of hydrogen-bond acceptors (Lipinski definition) is 7. The molecule has 1 aliphatic rings. The molecule has 0 radical (unpaired) electrons. The molecule has 0 bridgehead atoms. The maximum atomic E-state index is 13.0. The van der Waals surface area contributed by atoms with Crippen LogP contribution in [-0.4, -0.2) is 67.6 Å². The molecule has 2 aromatic carbocycles. The number of nitrogens with zero attached hydrogens (tertiary/aromatic N) is 7. The number of rotatable bonds is 10. The molecule has 10 heteroatoms. The Morgan fingerprint density at radius 2 is 1.84 bits per heavy atom. The zero-order chi connectivity index (χ0) is 30.8. The van der Waals surface area contributed by atoms with E-state index >= 15 is 0 Å². The van der Waals surface area contributed by atoms with Crippen LogP contribution in [0.5, 0.6) is 0 Å². The number of carbonyl (C=O) groups is 1. The summed E-state index contributed by atoms with van der Waals surface area (Å²) in [5, 5.41) is 12.7. The van der Waals surface area contributed by atoms with Crippen LogP contribution in [-0.2, 0) is 38.1 Å². The van der Waals surface area contributed by atoms with E-state index in [9.17, 15) is 4.79 Å². The van der Waals surface area contributed by atoms with Gasteiger partial charge in [0.2, 0.25) is 5.95 Å². The highest BCUT2D eigenvalue weighted by atomic mass is 16.5. The lowest BCUT2D eigenvalue weighted by atomic mass is 9.91. The molecule has 5 aromatic rings. The molecule has 3 aromatic heterocycles. The van der Waals surface area contributed by atoms with Gasteiger partial charge in [-0.25, -0.2) is 9.97 Å². The summed E-state index contributed by atoms with van der Waals surface area (Å²) >= 11 is 0. The van der Waals surface area contributed by atoms with Crippen molar-refractivity contribution >= 4 is 17.5 Å². The first-order valence-corrected chi connectivity index (χ1v) is 15.0. The molecule has 6 rings (SSSR count). The van der Waals surface area contributed by atoms with Crippen LogP contribution in [0.2, 0.25) is 0 Å². The highest BCUT2D eigenvalue weighted by Crippen LogP contribution is 2.40. The van der Waals surface area contributed by atoms with Crippen LogP contribution in [0.4, 0.5) is 11.6 Å². The predicted octanol–water partition coefficient (Wildman–Crippen LogP) is 5.46. The molecule has 226 valence electrons. The Labute approximate surface area is 257 Å². The molecule has 0 atom stereocenters. The molecule has 3 heterocycles. The van der Waals surface area contributed by atoms with E-state index in [1.165, 1.54) is 0 Å². The molecule has 0 saturated carbocycles. The second kappa shape index (κ2) is 12.4. The fourth-order valence-corrected chi connectivity index (χ4v) is 5.84. The Hall–Kier alpha value is -4.83. The summed E-state index contributed by atoms with van der Waals surface area (Å²) < 4.78 is 8.91. The van der Waals surface area contributed by atoms with Crippen LogP contribution < -0.4 is 5.32 Å². The number of fused-ring (bicyclic) bond motifs is 3. The summed E-state index contributed by atoms with van der Waals surface area (Å²) in [6, 6.07) is 14.3. The van der Waals surface area contributed by atoms with Crippen molar-refractivity contribution in [2.45, 2.75) is 32.6 Å². The van der Waals surface area contributed by atoms with Crippen molar-refractivity contribution in [1.82, 2.24) is 34.4 Å². The number of methoxy groups -OCH3 is 1. The van der Waals surface area contributed by atoms with Crippen LogP contribution >= 0.6 is 0 Å². The summed E-state index contributed by atoms with van der Waals surface area (Å²) in [6.07, 6.45) is 9.27. The second-order valence-corrected chi connectivity index (χ2v) is 11.3. The summed E-state index contributed by atoms with van der Waals surface area (Å²) in [4.78, 5) is 24.4. The summed E-state index contributed by atoms with van der Waals surface area (Å²) in [7, 11) is 7.35. The van der Waals surface area contributed by atoms with Gasteiger partial charge in [0.15, 0.2) is 0 Å². The number of likely N-dealkylation sites (N-methyl/N-ethyl adjacent to an activating group) is 1. The Kier molecular flexibility index (Phi) is 8.25. The zero-order valence-electron chi connectivity index (χ0n) is 26.0. The Morgan fingerprint density at radius 1 is 1.05 bits per heavy atom. The Morgan fingerprint density at radius 3 is 2.57 bits per heavy atom. The van der Waals surface area contributed by atoms with E-state index in [2.05, 4.69) is 41.6 Å². The van der Waals surface area contributed by atoms with Gasteiger partial charge in [0.1, 0.15) is 0 Å². The largest absolute Gasteiger partial charge is 0.383 e. The molecule has 0 fully saturated rings. The molecule has 0 saturated heterocycles. The lowest BCUT2D eigenvalue weighted by Gasteiger charge is -2.19. The van der Waals surface area contributed by atoms with Gasteiger partial charge >= 0.3 is 0 Å². The van der Waals surface area contributed by atoms with E-state index in [1.54, 1.807) is 19.1 Å². The number of benzene rings is 2. The first-order chi connectivity index (χ1) is 21.4. The van der Waals surface area contributed by atoms with E-state index in [-0.39, 0.29) is 5.91 Å². The molecule has 44 heavy (non-hydrogen) atoms. The lowest BCUT2D eigenvalue weighted by Crippen LogP contribution is -2.30. The van der Waals surface area contributed by atoms with Crippen molar-refractivity contribution in [2.75, 3.05) is 32.6 Å². The minimum atomic E-state index is -0.0268. The van der Waals surface area contributed by atoms with Crippen LogP contribution in [0, 0.1) is 0 Å². The Balaban J connectivity index is 1.32. The fraction of sp³-hybridized carbons (Fsp3) is 0.324. The van der Waals surface area contributed by atoms with Crippen molar-refractivity contribution in [3.8, 4) is 33.6 Å². The zero-order valence-corrected chi connectivity index (χ0v) is 26.0. The molecule has 1 N–H and O–H groups in total. The van der Waals surface area contributed by atoms with E-state index < -0.39 is 0 Å². The van der Waals surface area contributed by atoms with E-state index in [1.807, 2.05) is 60.2 Å². The van der Waals surface area contributed by atoms with Gasteiger partial charge in [0, 0.05) is 75.1 Å². The number of aromatic nitrogens is 6. The summed E-state index contributed by atoms with van der Waals surface area (Å²) in [5.74, 6) is 0.494. The molecule has 0 unspecified atom stereocenters. The number of ether oxygens (including phenoxy) is 1. The summed E-state index contributed by atoms with van der Waals surface area (Å²) in [5.41, 5.74) is 11.0. The van der Waals surface area contributed by atoms with Gasteiger partial charge in [-0.3, -0.25) is 14.2 Å². The average Bonchev–Trinajstić information content (AvgIpc) is 3.62. The van der Waals surface area contributed by atoms with Gasteiger partial charge < -0.3 is 15.0 Å². The average molecular weight is 591 g/mol. The van der Waals surface area contributed by atoms with Gasteiger partial charge in [0.05, 0.1) is 29.9 Å². The van der Waals surface area contributed by atoms with Crippen LogP contribution in [0.25, 0.3) is 33.6 Å². The molecular weight excluding hydrogens is 552 g/mol. The molecule has 0 spiro atoms. The van der Waals surface area contributed by atoms with Crippen LogP contribution in [0.15, 0.2) is 61.1 Å². The normalized spacial score (nSPS) is 12.1. The first kappa shape index (κ1) is 29.3. The van der Waals surface area contributed by atoms with Crippen molar-refractivity contribution in [3.05, 3.63) is 83.4 Å². The molecule has 1 amide bonds.